The Morgan fingerprint density at radius 1 is 0.725 bits per heavy atom. The Balaban J connectivity index is 5.45. The molecule has 0 rings (SSSR count). The molecular weight excluding hydrogens is 526 g/mol. The summed E-state index contributed by atoms with van der Waals surface area (Å²) in [7, 11) is 0. The Hall–Kier alpha value is -3.71. The SMILES string of the molecule is CCC(C)[C@H](NC(=O)[C@H](CCC(=O)O)NC(=O)[C@@H](C)CCCCNC(C)=O)C(=O)N[C@@H](CCCC(=O)O)C(N)=O. The predicted molar refractivity (Wildman–Crippen MR) is 144 cm³/mol. The first-order valence-electron chi connectivity index (χ1n) is 13.6. The van der Waals surface area contributed by atoms with Crippen molar-refractivity contribution in [2.45, 2.75) is 104 Å². The first kappa shape index (κ1) is 36.3. The number of rotatable bonds is 21. The molecule has 14 nitrogen and oxygen atoms in total. The number of nitrogens with two attached hydrogens (primary N) is 1. The summed E-state index contributed by atoms with van der Waals surface area (Å²) in [5.41, 5.74) is 5.37. The van der Waals surface area contributed by atoms with Crippen molar-refractivity contribution in [1.82, 2.24) is 21.3 Å². The average molecular weight is 572 g/mol. The van der Waals surface area contributed by atoms with E-state index in [0.29, 0.717) is 32.2 Å². The van der Waals surface area contributed by atoms with Crippen LogP contribution in [0.3, 0.4) is 0 Å². The van der Waals surface area contributed by atoms with Gasteiger partial charge in [-0.2, -0.15) is 0 Å². The molecule has 14 heteroatoms. The number of carbonyl (C=O) groups is 7. The molecule has 0 spiro atoms. The van der Waals surface area contributed by atoms with Crippen LogP contribution in [0, 0.1) is 11.8 Å². The van der Waals surface area contributed by atoms with Crippen molar-refractivity contribution >= 4 is 41.5 Å². The number of unbranched alkanes of at least 4 members (excludes halogenated alkanes) is 1. The van der Waals surface area contributed by atoms with Gasteiger partial charge in [0.1, 0.15) is 18.1 Å². The van der Waals surface area contributed by atoms with Gasteiger partial charge in [-0.15, -0.1) is 0 Å². The minimum Gasteiger partial charge on any atom is -0.481 e. The van der Waals surface area contributed by atoms with E-state index in [1.165, 1.54) is 6.92 Å². The summed E-state index contributed by atoms with van der Waals surface area (Å²) in [6.07, 6.45) is 1.50. The number of carboxylic acids is 2. The van der Waals surface area contributed by atoms with Crippen LogP contribution in [0.4, 0.5) is 0 Å². The number of amides is 5. The van der Waals surface area contributed by atoms with Crippen molar-refractivity contribution in [3.63, 3.8) is 0 Å². The molecule has 8 N–H and O–H groups in total. The molecule has 0 radical (unpaired) electrons. The van der Waals surface area contributed by atoms with Crippen molar-refractivity contribution in [1.29, 1.82) is 0 Å². The Kier molecular flexibility index (Phi) is 17.6. The number of hydrogen-bond acceptors (Lipinski definition) is 7. The quantitative estimate of drug-likeness (QED) is 0.0919. The Morgan fingerprint density at radius 3 is 1.85 bits per heavy atom. The van der Waals surface area contributed by atoms with E-state index in [1.807, 2.05) is 0 Å². The highest BCUT2D eigenvalue weighted by atomic mass is 16.4. The first-order chi connectivity index (χ1) is 18.7. The molecule has 0 aromatic carbocycles. The van der Waals surface area contributed by atoms with E-state index in [9.17, 15) is 33.6 Å². The second kappa shape index (κ2) is 19.4. The maximum Gasteiger partial charge on any atom is 0.303 e. The molecule has 0 aliphatic carbocycles. The summed E-state index contributed by atoms with van der Waals surface area (Å²) in [5.74, 6) is -6.05. The first-order valence-corrected chi connectivity index (χ1v) is 13.6. The highest BCUT2D eigenvalue weighted by molar-refractivity contribution is 5.94. The summed E-state index contributed by atoms with van der Waals surface area (Å²) < 4.78 is 0. The maximum atomic E-state index is 13.2. The molecule has 0 fully saturated rings. The second-order valence-corrected chi connectivity index (χ2v) is 9.99. The Bertz CT molecular complexity index is 896. The molecule has 0 saturated carbocycles. The van der Waals surface area contributed by atoms with E-state index < -0.39 is 71.9 Å². The fourth-order valence-corrected chi connectivity index (χ4v) is 3.78. The number of carbonyl (C=O) groups excluding carboxylic acids is 5. The van der Waals surface area contributed by atoms with E-state index in [2.05, 4.69) is 21.3 Å². The van der Waals surface area contributed by atoms with Crippen LogP contribution in [0.15, 0.2) is 0 Å². The molecule has 0 heterocycles. The highest BCUT2D eigenvalue weighted by Gasteiger charge is 2.32. The van der Waals surface area contributed by atoms with Gasteiger partial charge >= 0.3 is 11.9 Å². The van der Waals surface area contributed by atoms with Gasteiger partial charge in [0.05, 0.1) is 0 Å². The lowest BCUT2D eigenvalue weighted by atomic mass is 9.96. The van der Waals surface area contributed by atoms with Crippen LogP contribution in [-0.2, 0) is 33.6 Å². The molecule has 0 aromatic heterocycles. The summed E-state index contributed by atoms with van der Waals surface area (Å²) in [5, 5.41) is 28.2. The third-order valence-electron chi connectivity index (χ3n) is 6.50. The summed E-state index contributed by atoms with van der Waals surface area (Å²) in [6, 6.07) is -3.51. The molecular formula is C26H45N5O9. The van der Waals surface area contributed by atoms with Gasteiger partial charge in [0.2, 0.25) is 29.5 Å². The molecule has 5 atom stereocenters. The van der Waals surface area contributed by atoms with Crippen LogP contribution in [0.2, 0.25) is 0 Å². The van der Waals surface area contributed by atoms with Crippen LogP contribution in [-0.4, -0.2) is 76.4 Å². The largest absolute Gasteiger partial charge is 0.481 e. The van der Waals surface area contributed by atoms with Gasteiger partial charge in [0, 0.05) is 32.2 Å². The molecule has 0 aliphatic rings. The Morgan fingerprint density at radius 2 is 1.32 bits per heavy atom. The lowest BCUT2D eigenvalue weighted by Crippen LogP contribution is -2.58. The van der Waals surface area contributed by atoms with E-state index in [-0.39, 0.29) is 31.6 Å². The summed E-state index contributed by atoms with van der Waals surface area (Å²) in [6.45, 7) is 7.04. The highest BCUT2D eigenvalue weighted by Crippen LogP contribution is 2.13. The minimum atomic E-state index is -1.23. The molecule has 0 aliphatic heterocycles. The van der Waals surface area contributed by atoms with Crippen LogP contribution >= 0.6 is 0 Å². The van der Waals surface area contributed by atoms with Crippen LogP contribution in [0.1, 0.15) is 85.5 Å². The van der Waals surface area contributed by atoms with Gasteiger partial charge in [0.25, 0.3) is 0 Å². The topological polar surface area (TPSA) is 234 Å². The fourth-order valence-electron chi connectivity index (χ4n) is 3.78. The molecule has 0 bridgehead atoms. The van der Waals surface area contributed by atoms with Crippen molar-refractivity contribution in [2.75, 3.05) is 6.54 Å². The summed E-state index contributed by atoms with van der Waals surface area (Å²) >= 11 is 0. The van der Waals surface area contributed by atoms with E-state index in [1.54, 1.807) is 20.8 Å². The zero-order valence-corrected chi connectivity index (χ0v) is 23.8. The molecule has 5 amide bonds. The van der Waals surface area contributed by atoms with Crippen molar-refractivity contribution < 1.29 is 43.8 Å². The van der Waals surface area contributed by atoms with Crippen molar-refractivity contribution in [3.8, 4) is 0 Å². The number of carboxylic acid groups (broad SMARTS) is 2. The zero-order valence-electron chi connectivity index (χ0n) is 23.8. The molecule has 228 valence electrons. The number of aliphatic carboxylic acids is 2. The van der Waals surface area contributed by atoms with Gasteiger partial charge in [-0.05, 0) is 38.0 Å². The standard InChI is InChI=1S/C26H45N5O9/c1-5-15(2)22(26(40)29-18(23(27)37)10-8-11-20(33)34)31-25(39)19(12-13-21(35)36)30-24(38)16(3)9-6-7-14-28-17(4)32/h15-16,18-19,22H,5-14H2,1-4H3,(H2,27,37)(H,28,32)(H,29,40)(H,30,38)(H,31,39)(H,33,34)(H,35,36)/t15?,16-,18-,19-,22-/m0/s1. The van der Waals surface area contributed by atoms with Gasteiger partial charge in [-0.3, -0.25) is 33.6 Å². The zero-order chi connectivity index (χ0) is 30.8. The third kappa shape index (κ3) is 15.6. The van der Waals surface area contributed by atoms with Crippen molar-refractivity contribution in [2.24, 2.45) is 17.6 Å². The predicted octanol–water partition coefficient (Wildman–Crippen LogP) is 0.0344. The summed E-state index contributed by atoms with van der Waals surface area (Å²) in [4.78, 5) is 83.8. The van der Waals surface area contributed by atoms with E-state index >= 15 is 0 Å². The normalized spacial score (nSPS) is 14.5. The monoisotopic (exact) mass is 571 g/mol. The van der Waals surface area contributed by atoms with Crippen LogP contribution < -0.4 is 27.0 Å². The van der Waals surface area contributed by atoms with Gasteiger partial charge < -0.3 is 37.2 Å². The fraction of sp³-hybridized carbons (Fsp3) is 0.731. The maximum absolute atomic E-state index is 13.2. The lowest BCUT2D eigenvalue weighted by molar-refractivity contribution is -0.139. The van der Waals surface area contributed by atoms with Gasteiger partial charge in [-0.25, -0.2) is 0 Å². The van der Waals surface area contributed by atoms with Gasteiger partial charge in [-0.1, -0.05) is 33.6 Å². The second-order valence-electron chi connectivity index (χ2n) is 9.99. The van der Waals surface area contributed by atoms with Gasteiger partial charge in [0.15, 0.2) is 0 Å². The smallest absolute Gasteiger partial charge is 0.303 e. The molecule has 0 saturated heterocycles. The van der Waals surface area contributed by atoms with Crippen LogP contribution in [0.25, 0.3) is 0 Å². The average Bonchev–Trinajstić information content (AvgIpc) is 2.87. The van der Waals surface area contributed by atoms with E-state index in [4.69, 9.17) is 15.9 Å². The van der Waals surface area contributed by atoms with Crippen LogP contribution in [0.5, 0.6) is 0 Å². The minimum absolute atomic E-state index is 0.00541. The Labute approximate surface area is 234 Å². The number of nitrogens with one attached hydrogen (secondary N) is 4. The molecule has 40 heavy (non-hydrogen) atoms. The van der Waals surface area contributed by atoms with Crippen molar-refractivity contribution in [3.05, 3.63) is 0 Å². The number of hydrogen-bond donors (Lipinski definition) is 7. The molecule has 1 unspecified atom stereocenters. The van der Waals surface area contributed by atoms with E-state index in [0.717, 1.165) is 0 Å². The molecule has 0 aromatic rings. The lowest BCUT2D eigenvalue weighted by Gasteiger charge is -2.28. The third-order valence-corrected chi connectivity index (χ3v) is 6.50. The number of primary amides is 1.